The Bertz CT molecular complexity index is 3360. The van der Waals surface area contributed by atoms with Crippen molar-refractivity contribution >= 4 is 69.8 Å². The summed E-state index contributed by atoms with van der Waals surface area (Å²) in [6.45, 7) is 0.478. The number of ether oxygens (including phenoxy) is 6. The third-order valence-electron chi connectivity index (χ3n) is 18.7. The maximum atomic E-state index is 13.2. The fourth-order valence-electron chi connectivity index (χ4n) is 12.7. The minimum Gasteiger partial charge on any atom is -0.477 e. The second kappa shape index (κ2) is 39.0. The molecule has 0 saturated carbocycles. The minimum absolute atomic E-state index is 0.0605. The summed E-state index contributed by atoms with van der Waals surface area (Å²) in [4.78, 5) is 152. The monoisotopic (exact) mass is 1530 g/mol. The van der Waals surface area contributed by atoms with Gasteiger partial charge in [0.25, 0.3) is 49.9 Å². The third-order valence-corrected chi connectivity index (χ3v) is 18.7. The fraction of sp³-hybridized carbons (Fsp3) is 0.723. The molecule has 0 aliphatic carbocycles. The molecule has 42 heteroatoms. The molecular formula is C65H99N9O33. The lowest BCUT2D eigenvalue weighted by Crippen LogP contribution is -2.67. The Hall–Kier alpha value is -7.86. The molecule has 24 N–H and O–H groups in total. The van der Waals surface area contributed by atoms with E-state index in [-0.39, 0.29) is 132 Å². The molecule has 0 bridgehead atoms. The summed E-state index contributed by atoms with van der Waals surface area (Å²) in [6.07, 6.45) is -21.9. The van der Waals surface area contributed by atoms with Gasteiger partial charge in [0.15, 0.2) is 0 Å². The van der Waals surface area contributed by atoms with Gasteiger partial charge in [-0.05, 0) is 57.8 Å². The molecule has 0 spiro atoms. The quantitative estimate of drug-likeness (QED) is 0.0184. The van der Waals surface area contributed by atoms with E-state index in [4.69, 9.17) is 28.4 Å². The van der Waals surface area contributed by atoms with Crippen LogP contribution >= 0.6 is 0 Å². The van der Waals surface area contributed by atoms with E-state index in [1.807, 2.05) is 0 Å². The first kappa shape index (κ1) is 88.0. The van der Waals surface area contributed by atoms with Crippen LogP contribution in [-0.4, -0.2) is 300 Å². The van der Waals surface area contributed by atoms with Gasteiger partial charge in [0.2, 0.25) is 17.7 Å². The molecule has 3 heterocycles. The summed E-state index contributed by atoms with van der Waals surface area (Å²) >= 11 is 0. The highest BCUT2D eigenvalue weighted by molar-refractivity contribution is 5.79. The van der Waals surface area contributed by atoms with E-state index in [0.29, 0.717) is 19.3 Å². The first-order chi connectivity index (χ1) is 50.4. The predicted octanol–water partition coefficient (Wildman–Crippen LogP) is -8.64. The van der Waals surface area contributed by atoms with Crippen LogP contribution in [0.4, 0.5) is 34.1 Å². The lowest BCUT2D eigenvalue weighted by Gasteiger charge is -2.46. The zero-order valence-corrected chi connectivity index (χ0v) is 59.2. The van der Waals surface area contributed by atoms with Crippen molar-refractivity contribution in [3.63, 3.8) is 0 Å². The number of hydrogen-bond acceptors (Lipinski definition) is 36. The Balaban J connectivity index is 1.09. The van der Waals surface area contributed by atoms with Gasteiger partial charge < -0.3 is 153 Å². The number of aliphatic carboxylic acids is 3. The fourth-order valence-corrected chi connectivity index (χ4v) is 12.7. The van der Waals surface area contributed by atoms with Gasteiger partial charge in [-0.1, -0.05) is 6.92 Å². The van der Waals surface area contributed by atoms with Crippen molar-refractivity contribution < 1.29 is 134 Å². The number of rotatable bonds is 48. The normalized spacial score (nSPS) is 26.4. The Kier molecular flexibility index (Phi) is 32.1. The van der Waals surface area contributed by atoms with Gasteiger partial charge in [-0.15, -0.1) is 0 Å². The smallest absolute Gasteiger partial charge is 0.364 e. The van der Waals surface area contributed by atoms with Crippen LogP contribution in [0.1, 0.15) is 105 Å². The summed E-state index contributed by atoms with van der Waals surface area (Å²) in [5.41, 5.74) is -7.60. The van der Waals surface area contributed by atoms with Crippen LogP contribution in [0.2, 0.25) is 0 Å². The standard InChI is InChI=1S/C65H99N9O33/c1-29(78)72-38-32(81)20-63(59(96)97,105-56(38)47(87)35(84)23-75)102-17-11-5-8-14-66-41-44(53(93)50(41)90)69-26-62(4,27-70-45-42(51(91)54(45)94)67-15-9-6-12-18-103-64(60(98)99)21-33(82)39(73-30(2)79)57(106-64)48(88)36(85)24-76)28-71-46-43(52(92)55(46)95)68-16-10-7-13-19-104-65(61(100)101)22-34(83)40(74-31(3)80)58(107-65)49(89)37(86)25-77/h32-40,47-49,56-58,66-71,75-77,81-89H,5-28H2,1-4H3,(H,72,78)(H,73,79)(H,74,80)(H,96,97)(H,98,99)(H,100,101)/t32-,33-,34-,35+,36+,37+,38+,39+,40+,47+,48+,49+,56+,57+,58+,63+,64+,65+/m0/s1. The first-order valence-corrected chi connectivity index (χ1v) is 34.7. The molecule has 0 unspecified atom stereocenters. The predicted molar refractivity (Wildman–Crippen MR) is 370 cm³/mol. The number of nitrogens with one attached hydrogen (secondary N) is 9. The molecule has 3 aromatic carbocycles. The topological polar surface area (TPSA) is 672 Å². The van der Waals surface area contributed by atoms with Crippen LogP contribution in [0, 0.1) is 5.41 Å². The number of unbranched alkanes of at least 4 members (excludes halogenated alkanes) is 6. The molecule has 3 fully saturated rings. The molecule has 3 aliphatic heterocycles. The third kappa shape index (κ3) is 21.6. The lowest BCUT2D eigenvalue weighted by molar-refractivity contribution is -0.311. The number of aliphatic hydroxyl groups is 12. The summed E-state index contributed by atoms with van der Waals surface area (Å²) in [6, 6.07) is -4.25. The number of carboxylic acids is 3. The minimum atomic E-state index is -2.58. The zero-order chi connectivity index (χ0) is 79.6. The zero-order valence-electron chi connectivity index (χ0n) is 59.2. The van der Waals surface area contributed by atoms with Crippen LogP contribution in [0.25, 0.3) is 0 Å². The van der Waals surface area contributed by atoms with Crippen LogP contribution in [-0.2, 0) is 57.2 Å². The Labute approximate surface area is 608 Å². The summed E-state index contributed by atoms with van der Waals surface area (Å²) < 4.78 is 33.8. The van der Waals surface area contributed by atoms with Gasteiger partial charge in [-0.3, -0.25) is 43.2 Å². The number of anilines is 6. The van der Waals surface area contributed by atoms with Gasteiger partial charge in [0.1, 0.15) is 89.1 Å². The summed E-state index contributed by atoms with van der Waals surface area (Å²) in [5, 5.41) is 179. The molecule has 18 atom stereocenters. The van der Waals surface area contributed by atoms with Crippen molar-refractivity contribution in [1.82, 2.24) is 16.0 Å². The molecule has 3 saturated heterocycles. The van der Waals surface area contributed by atoms with E-state index in [1.165, 1.54) is 0 Å². The van der Waals surface area contributed by atoms with Crippen LogP contribution in [0.3, 0.4) is 0 Å². The van der Waals surface area contributed by atoms with E-state index in [0.717, 1.165) is 20.8 Å². The molecule has 42 nitrogen and oxygen atoms in total. The second-order valence-corrected chi connectivity index (χ2v) is 27.2. The SMILES string of the molecule is CC(=O)N[C@H]1[C@H]([C@H](O)[C@H](O)CO)O[C@@](OCCCCCNc2c(NCC(C)(CNc3c(NCCCCCO[C@]4(C(=O)O)C[C@H](O)[C@@H](NC(C)=O)[C@H]([C@H](O)[C@H](O)CO)O4)c(=O)c3=O)CNc3c(NCCCCCO[C@]4(C(=O)O)C[C@H](O)[C@@H](NC(C)=O)[C@H]([C@H](O)[C@H](O)CO)O4)c(=O)c3=O)c(=O)c2=O)(C(=O)O)C[C@@H]1O. The molecule has 0 radical (unpaired) electrons. The van der Waals surface area contributed by atoms with Gasteiger partial charge in [-0.2, -0.15) is 0 Å². The largest absolute Gasteiger partial charge is 0.477 e. The highest BCUT2D eigenvalue weighted by atomic mass is 16.7. The lowest BCUT2D eigenvalue weighted by atomic mass is 9.88. The molecule has 3 amide bonds. The van der Waals surface area contributed by atoms with E-state index >= 15 is 0 Å². The van der Waals surface area contributed by atoms with Gasteiger partial charge in [0.05, 0.1) is 76.1 Å². The second-order valence-electron chi connectivity index (χ2n) is 27.2. The van der Waals surface area contributed by atoms with Crippen molar-refractivity contribution in [3.05, 3.63) is 61.3 Å². The highest BCUT2D eigenvalue weighted by Crippen LogP contribution is 2.38. The maximum absolute atomic E-state index is 13.2. The molecule has 3 aromatic rings. The molecule has 3 aliphatic rings. The Morgan fingerprint density at radius 2 is 0.626 bits per heavy atom. The van der Waals surface area contributed by atoms with Crippen molar-refractivity contribution in [2.24, 2.45) is 5.41 Å². The van der Waals surface area contributed by atoms with E-state index in [2.05, 4.69) is 47.9 Å². The molecular weight excluding hydrogens is 1430 g/mol. The van der Waals surface area contributed by atoms with Crippen molar-refractivity contribution in [2.75, 3.05) is 111 Å². The average Bonchev–Trinajstić information content (AvgIpc) is 0.777. The van der Waals surface area contributed by atoms with Crippen molar-refractivity contribution in [2.45, 2.75) is 213 Å². The molecule has 0 aromatic heterocycles. The van der Waals surface area contributed by atoms with Gasteiger partial charge >= 0.3 is 17.9 Å². The summed E-state index contributed by atoms with van der Waals surface area (Å²) in [7, 11) is 0. The van der Waals surface area contributed by atoms with Gasteiger partial charge in [-0.25, -0.2) is 14.4 Å². The summed E-state index contributed by atoms with van der Waals surface area (Å²) in [5.74, 6) is -14.9. The Morgan fingerprint density at radius 3 is 0.832 bits per heavy atom. The molecule has 6 rings (SSSR count). The van der Waals surface area contributed by atoms with Crippen LogP contribution in [0.15, 0.2) is 28.8 Å². The maximum Gasteiger partial charge on any atom is 0.364 e. The van der Waals surface area contributed by atoms with E-state index in [1.54, 1.807) is 6.92 Å². The average molecular weight is 1530 g/mol. The number of hydrogen-bond donors (Lipinski definition) is 24. The van der Waals surface area contributed by atoms with E-state index in [9.17, 15) is 134 Å². The molecule has 107 heavy (non-hydrogen) atoms. The highest BCUT2D eigenvalue weighted by Gasteiger charge is 2.59. The number of amides is 3. The van der Waals surface area contributed by atoms with Crippen molar-refractivity contribution in [1.29, 1.82) is 0 Å². The molecule has 602 valence electrons. The van der Waals surface area contributed by atoms with Crippen LogP contribution in [0.5, 0.6) is 0 Å². The first-order valence-electron chi connectivity index (χ1n) is 34.7. The van der Waals surface area contributed by atoms with Gasteiger partial charge in [0, 0.05) is 84.7 Å². The van der Waals surface area contributed by atoms with Crippen LogP contribution < -0.4 is 80.4 Å². The number of carbonyl (C=O) groups is 6. The number of aliphatic hydroxyl groups excluding tert-OH is 12. The Morgan fingerprint density at radius 1 is 0.402 bits per heavy atom. The van der Waals surface area contributed by atoms with E-state index < -0.39 is 221 Å². The number of carbonyl (C=O) groups excluding carboxylic acids is 3. The van der Waals surface area contributed by atoms with Crippen molar-refractivity contribution in [3.8, 4) is 0 Å². The number of carboxylic acid groups (broad SMARTS) is 3.